The number of tetrazole rings is 1. The molecule has 1 aliphatic heterocycles. The first-order valence-corrected chi connectivity index (χ1v) is 9.40. The van der Waals surface area contributed by atoms with Crippen molar-refractivity contribution in [1.29, 1.82) is 0 Å². The predicted molar refractivity (Wildman–Crippen MR) is 94.4 cm³/mol. The third-order valence-electron chi connectivity index (χ3n) is 3.92. The van der Waals surface area contributed by atoms with Crippen molar-refractivity contribution in [1.82, 2.24) is 25.1 Å². The number of fused-ring (bicyclic) bond motifs is 1. The smallest absolute Gasteiger partial charge is 0.261 e. The zero-order valence-corrected chi connectivity index (χ0v) is 15.2. The van der Waals surface area contributed by atoms with Crippen LogP contribution in [0.2, 0.25) is 0 Å². The molecule has 132 valence electrons. The molecule has 0 saturated heterocycles. The lowest BCUT2D eigenvalue weighted by atomic mass is 10.1. The summed E-state index contributed by atoms with van der Waals surface area (Å²) in [4.78, 5) is 25.9. The van der Waals surface area contributed by atoms with Gasteiger partial charge >= 0.3 is 0 Å². The van der Waals surface area contributed by atoms with Gasteiger partial charge in [0.1, 0.15) is 0 Å². The normalized spacial score (nSPS) is 13.8. The van der Waals surface area contributed by atoms with Gasteiger partial charge in [0.2, 0.25) is 5.16 Å². The number of hydrogen-bond acceptors (Lipinski definition) is 6. The van der Waals surface area contributed by atoms with Gasteiger partial charge in [-0.05, 0) is 41.3 Å². The summed E-state index contributed by atoms with van der Waals surface area (Å²) in [5, 5.41) is 12.6. The first-order chi connectivity index (χ1) is 12.1. The van der Waals surface area contributed by atoms with Crippen molar-refractivity contribution in [3.05, 3.63) is 35.4 Å². The van der Waals surface area contributed by atoms with Gasteiger partial charge in [0.25, 0.3) is 11.8 Å². The molecule has 2 heterocycles. The molecular formula is C17H21N5O2S. The molecule has 1 aliphatic rings. The second-order valence-electron chi connectivity index (χ2n) is 6.40. The fourth-order valence-electron chi connectivity index (χ4n) is 2.74. The largest absolute Gasteiger partial charge is 0.274 e. The van der Waals surface area contributed by atoms with Gasteiger partial charge in [0.15, 0.2) is 0 Å². The molecule has 0 bridgehead atoms. The maximum absolute atomic E-state index is 12.3. The first-order valence-electron chi connectivity index (χ1n) is 8.42. The van der Waals surface area contributed by atoms with E-state index in [0.717, 1.165) is 30.3 Å². The van der Waals surface area contributed by atoms with Gasteiger partial charge in [-0.15, -0.1) is 5.10 Å². The fraction of sp³-hybridized carbons (Fsp3) is 0.471. The van der Waals surface area contributed by atoms with Crippen molar-refractivity contribution < 1.29 is 9.59 Å². The standard InChI is InChI=1S/C17H21N5O2S/c1-12(2)11-22-17(18-19-20-22)25-10-6-5-9-21-15(23)13-7-3-4-8-14(13)16(21)24/h3-4,7-8,12H,5-6,9-11H2,1-2H3. The van der Waals surface area contributed by atoms with E-state index in [4.69, 9.17) is 0 Å². The summed E-state index contributed by atoms with van der Waals surface area (Å²) in [5.41, 5.74) is 1.02. The van der Waals surface area contributed by atoms with Crippen molar-refractivity contribution in [2.24, 2.45) is 5.92 Å². The molecule has 0 radical (unpaired) electrons. The van der Waals surface area contributed by atoms with E-state index in [2.05, 4.69) is 29.4 Å². The average molecular weight is 359 g/mol. The van der Waals surface area contributed by atoms with Crippen LogP contribution in [0.1, 0.15) is 47.4 Å². The van der Waals surface area contributed by atoms with E-state index in [0.29, 0.717) is 23.6 Å². The number of thioether (sulfide) groups is 1. The van der Waals surface area contributed by atoms with E-state index < -0.39 is 0 Å². The Labute approximate surface area is 150 Å². The van der Waals surface area contributed by atoms with Crippen LogP contribution < -0.4 is 0 Å². The van der Waals surface area contributed by atoms with E-state index in [9.17, 15) is 9.59 Å². The van der Waals surface area contributed by atoms with Crippen molar-refractivity contribution >= 4 is 23.6 Å². The molecule has 3 rings (SSSR count). The lowest BCUT2D eigenvalue weighted by molar-refractivity contribution is 0.0652. The molecule has 0 unspecified atom stereocenters. The molecule has 8 heteroatoms. The molecule has 1 aromatic heterocycles. The van der Waals surface area contributed by atoms with Crippen LogP contribution in [0, 0.1) is 5.92 Å². The van der Waals surface area contributed by atoms with Gasteiger partial charge in [-0.3, -0.25) is 14.5 Å². The van der Waals surface area contributed by atoms with Crippen LogP contribution in [0.4, 0.5) is 0 Å². The summed E-state index contributed by atoms with van der Waals surface area (Å²) in [7, 11) is 0. The van der Waals surface area contributed by atoms with Crippen LogP contribution in [0.25, 0.3) is 0 Å². The van der Waals surface area contributed by atoms with Crippen molar-refractivity contribution in [2.75, 3.05) is 12.3 Å². The molecule has 2 amide bonds. The molecule has 0 N–H and O–H groups in total. The monoisotopic (exact) mass is 359 g/mol. The number of aromatic nitrogens is 4. The van der Waals surface area contributed by atoms with E-state index in [1.165, 1.54) is 4.90 Å². The van der Waals surface area contributed by atoms with Crippen LogP contribution in [-0.4, -0.2) is 49.2 Å². The fourth-order valence-corrected chi connectivity index (χ4v) is 3.62. The van der Waals surface area contributed by atoms with Crippen LogP contribution in [-0.2, 0) is 6.54 Å². The molecule has 1 aromatic carbocycles. The number of rotatable bonds is 8. The highest BCUT2D eigenvalue weighted by atomic mass is 32.2. The Bertz CT molecular complexity index is 739. The third kappa shape index (κ3) is 3.89. The van der Waals surface area contributed by atoms with Gasteiger partial charge in [0, 0.05) is 18.8 Å². The highest BCUT2D eigenvalue weighted by molar-refractivity contribution is 7.99. The number of imide groups is 1. The minimum atomic E-state index is -0.186. The summed E-state index contributed by atoms with van der Waals surface area (Å²) in [6.45, 7) is 5.49. The number of carbonyl (C=O) groups is 2. The van der Waals surface area contributed by atoms with E-state index in [1.54, 1.807) is 36.0 Å². The lowest BCUT2D eigenvalue weighted by Gasteiger charge is -2.13. The van der Waals surface area contributed by atoms with Crippen molar-refractivity contribution in [3.63, 3.8) is 0 Å². The van der Waals surface area contributed by atoms with Gasteiger partial charge in [0.05, 0.1) is 11.1 Å². The lowest BCUT2D eigenvalue weighted by Crippen LogP contribution is -2.30. The van der Waals surface area contributed by atoms with Gasteiger partial charge in [-0.2, -0.15) is 0 Å². The molecule has 7 nitrogen and oxygen atoms in total. The number of carbonyl (C=O) groups excluding carboxylic acids is 2. The Morgan fingerprint density at radius 1 is 1.08 bits per heavy atom. The summed E-state index contributed by atoms with van der Waals surface area (Å²) in [6, 6.07) is 6.98. The van der Waals surface area contributed by atoms with Gasteiger partial charge < -0.3 is 0 Å². The minimum Gasteiger partial charge on any atom is -0.274 e. The second-order valence-corrected chi connectivity index (χ2v) is 7.46. The van der Waals surface area contributed by atoms with Crippen LogP contribution in [0.3, 0.4) is 0 Å². The summed E-state index contributed by atoms with van der Waals surface area (Å²) < 4.78 is 1.82. The zero-order valence-electron chi connectivity index (χ0n) is 14.4. The highest BCUT2D eigenvalue weighted by Gasteiger charge is 2.34. The predicted octanol–water partition coefficient (Wildman–Crippen LogP) is 2.50. The van der Waals surface area contributed by atoms with E-state index >= 15 is 0 Å². The summed E-state index contributed by atoms with van der Waals surface area (Å²) >= 11 is 1.61. The minimum absolute atomic E-state index is 0.186. The molecule has 0 spiro atoms. The molecular weight excluding hydrogens is 338 g/mol. The van der Waals surface area contributed by atoms with E-state index in [-0.39, 0.29) is 11.8 Å². The number of unbranched alkanes of at least 4 members (excludes halogenated alkanes) is 1. The summed E-state index contributed by atoms with van der Waals surface area (Å²) in [6.07, 6.45) is 1.65. The zero-order chi connectivity index (χ0) is 17.8. The number of amides is 2. The van der Waals surface area contributed by atoms with E-state index in [1.807, 2.05) is 4.68 Å². The molecule has 0 saturated carbocycles. The van der Waals surface area contributed by atoms with Crippen molar-refractivity contribution in [3.8, 4) is 0 Å². The second kappa shape index (κ2) is 7.77. The third-order valence-corrected chi connectivity index (χ3v) is 4.97. The molecule has 0 atom stereocenters. The number of nitrogens with zero attached hydrogens (tertiary/aromatic N) is 5. The number of benzene rings is 1. The maximum atomic E-state index is 12.3. The van der Waals surface area contributed by atoms with Crippen LogP contribution >= 0.6 is 11.8 Å². The Hall–Kier alpha value is -2.22. The average Bonchev–Trinajstić information content (AvgIpc) is 3.12. The quantitative estimate of drug-likeness (QED) is 0.409. The summed E-state index contributed by atoms with van der Waals surface area (Å²) in [5.74, 6) is 0.960. The molecule has 0 aliphatic carbocycles. The topological polar surface area (TPSA) is 81.0 Å². The van der Waals surface area contributed by atoms with Gasteiger partial charge in [-0.25, -0.2) is 4.68 Å². The molecule has 2 aromatic rings. The highest BCUT2D eigenvalue weighted by Crippen LogP contribution is 2.23. The number of hydrogen-bond donors (Lipinski definition) is 0. The maximum Gasteiger partial charge on any atom is 0.261 e. The van der Waals surface area contributed by atoms with Gasteiger partial charge in [-0.1, -0.05) is 37.7 Å². The Morgan fingerprint density at radius 3 is 2.40 bits per heavy atom. The Morgan fingerprint density at radius 2 is 1.76 bits per heavy atom. The van der Waals surface area contributed by atoms with Crippen molar-refractivity contribution in [2.45, 2.75) is 38.4 Å². The molecule has 25 heavy (non-hydrogen) atoms. The Balaban J connectivity index is 1.45. The Kier molecular flexibility index (Phi) is 5.47. The van der Waals surface area contributed by atoms with Crippen LogP contribution in [0.5, 0.6) is 0 Å². The first kappa shape index (κ1) is 17.6. The van der Waals surface area contributed by atoms with Crippen LogP contribution in [0.15, 0.2) is 29.4 Å². The SMILES string of the molecule is CC(C)Cn1nnnc1SCCCCN1C(=O)c2ccccc2C1=O. The molecule has 0 fully saturated rings.